The molecule has 0 saturated heterocycles. The first-order valence-corrected chi connectivity index (χ1v) is 8.69. The number of benzene rings is 2. The van der Waals surface area contributed by atoms with E-state index in [1.54, 1.807) is 0 Å². The maximum absolute atomic E-state index is 12.5. The van der Waals surface area contributed by atoms with E-state index < -0.39 is 26.4 Å². The molecule has 0 heterocycles. The molecule has 0 aliphatic rings. The summed E-state index contributed by atoms with van der Waals surface area (Å²) in [5.41, 5.74) is 3.73. The summed E-state index contributed by atoms with van der Waals surface area (Å²) in [6, 6.07) is 8.30. The SMILES string of the molecule is Cc1cc(C)c(NC(=O)c2ccc(S(=O)(=O)C(F)F)cc2)c(C)c1. The highest BCUT2D eigenvalue weighted by Gasteiger charge is 2.26. The average Bonchev–Trinajstić information content (AvgIpc) is 2.50. The third-order valence-electron chi connectivity index (χ3n) is 3.60. The van der Waals surface area contributed by atoms with E-state index in [9.17, 15) is 22.0 Å². The van der Waals surface area contributed by atoms with Crippen LogP contribution in [0.15, 0.2) is 41.3 Å². The van der Waals surface area contributed by atoms with Crippen molar-refractivity contribution in [3.63, 3.8) is 0 Å². The highest BCUT2D eigenvalue weighted by atomic mass is 32.2. The monoisotopic (exact) mass is 353 g/mol. The van der Waals surface area contributed by atoms with Gasteiger partial charge in [-0.15, -0.1) is 0 Å². The zero-order valence-electron chi connectivity index (χ0n) is 13.4. The molecule has 2 aromatic rings. The number of halogens is 2. The van der Waals surface area contributed by atoms with Gasteiger partial charge in [-0.25, -0.2) is 8.42 Å². The Morgan fingerprint density at radius 3 is 1.96 bits per heavy atom. The number of carbonyl (C=O) groups excluding carboxylic acids is 1. The van der Waals surface area contributed by atoms with Crippen LogP contribution in [0.25, 0.3) is 0 Å². The number of hydrogen-bond acceptors (Lipinski definition) is 3. The predicted molar refractivity (Wildman–Crippen MR) is 88.2 cm³/mol. The van der Waals surface area contributed by atoms with Crippen molar-refractivity contribution in [2.24, 2.45) is 0 Å². The van der Waals surface area contributed by atoms with Crippen LogP contribution in [-0.4, -0.2) is 20.1 Å². The van der Waals surface area contributed by atoms with Gasteiger partial charge in [-0.1, -0.05) is 17.7 Å². The van der Waals surface area contributed by atoms with Gasteiger partial charge in [-0.2, -0.15) is 8.78 Å². The van der Waals surface area contributed by atoms with Gasteiger partial charge < -0.3 is 5.32 Å². The van der Waals surface area contributed by atoms with Crippen LogP contribution >= 0.6 is 0 Å². The van der Waals surface area contributed by atoms with Crippen molar-refractivity contribution in [3.05, 3.63) is 58.7 Å². The second-order valence-corrected chi connectivity index (χ2v) is 7.48. The third-order valence-corrected chi connectivity index (χ3v) is 4.99. The number of amides is 1. The molecule has 0 spiro atoms. The summed E-state index contributed by atoms with van der Waals surface area (Å²) in [4.78, 5) is 11.8. The van der Waals surface area contributed by atoms with Crippen LogP contribution in [-0.2, 0) is 9.84 Å². The average molecular weight is 353 g/mol. The number of anilines is 1. The van der Waals surface area contributed by atoms with Gasteiger partial charge in [0.25, 0.3) is 5.91 Å². The Morgan fingerprint density at radius 1 is 1.00 bits per heavy atom. The van der Waals surface area contributed by atoms with Crippen LogP contribution in [0.4, 0.5) is 14.5 Å². The van der Waals surface area contributed by atoms with E-state index >= 15 is 0 Å². The molecule has 0 bridgehead atoms. The van der Waals surface area contributed by atoms with Crippen molar-refractivity contribution in [2.75, 3.05) is 5.32 Å². The van der Waals surface area contributed by atoms with E-state index in [4.69, 9.17) is 0 Å². The number of sulfone groups is 1. The second-order valence-electron chi connectivity index (χ2n) is 5.56. The minimum Gasteiger partial charge on any atom is -0.322 e. The van der Waals surface area contributed by atoms with E-state index in [1.807, 2.05) is 32.9 Å². The lowest BCUT2D eigenvalue weighted by Crippen LogP contribution is -2.15. The lowest BCUT2D eigenvalue weighted by molar-refractivity contribution is 0.102. The number of alkyl halides is 2. The van der Waals surface area contributed by atoms with E-state index in [-0.39, 0.29) is 5.56 Å². The van der Waals surface area contributed by atoms with Crippen molar-refractivity contribution in [2.45, 2.75) is 31.4 Å². The zero-order chi connectivity index (χ0) is 18.1. The first-order valence-electron chi connectivity index (χ1n) is 7.14. The molecule has 1 amide bonds. The van der Waals surface area contributed by atoms with Crippen LogP contribution in [0, 0.1) is 20.8 Å². The summed E-state index contributed by atoms with van der Waals surface area (Å²) in [6.45, 7) is 5.69. The summed E-state index contributed by atoms with van der Waals surface area (Å²) in [6.07, 6.45) is 0. The number of aryl methyl sites for hydroxylation is 3. The van der Waals surface area contributed by atoms with Crippen LogP contribution in [0.3, 0.4) is 0 Å². The van der Waals surface area contributed by atoms with Gasteiger partial charge in [0.05, 0.1) is 4.90 Å². The molecule has 2 rings (SSSR count). The Bertz CT molecular complexity index is 852. The molecule has 0 saturated carbocycles. The zero-order valence-corrected chi connectivity index (χ0v) is 14.2. The number of nitrogens with one attached hydrogen (secondary N) is 1. The molecule has 0 aliphatic heterocycles. The molecule has 0 aliphatic carbocycles. The molecule has 7 heteroatoms. The van der Waals surface area contributed by atoms with Crippen LogP contribution in [0.5, 0.6) is 0 Å². The molecule has 0 unspecified atom stereocenters. The lowest BCUT2D eigenvalue weighted by Gasteiger charge is -2.13. The smallest absolute Gasteiger partial charge is 0.322 e. The fourth-order valence-corrected chi connectivity index (χ4v) is 3.18. The number of rotatable bonds is 4. The molecule has 24 heavy (non-hydrogen) atoms. The summed E-state index contributed by atoms with van der Waals surface area (Å²) >= 11 is 0. The Labute approximate surface area is 139 Å². The van der Waals surface area contributed by atoms with Gasteiger partial charge in [0.15, 0.2) is 0 Å². The Balaban J connectivity index is 2.26. The topological polar surface area (TPSA) is 63.2 Å². The quantitative estimate of drug-likeness (QED) is 0.908. The van der Waals surface area contributed by atoms with Crippen molar-refractivity contribution < 1.29 is 22.0 Å². The highest BCUT2D eigenvalue weighted by Crippen LogP contribution is 2.23. The Hall–Kier alpha value is -2.28. The Kier molecular flexibility index (Phi) is 5.03. The van der Waals surface area contributed by atoms with Crippen LogP contribution in [0.1, 0.15) is 27.0 Å². The summed E-state index contributed by atoms with van der Waals surface area (Å²) in [5.74, 6) is -3.93. The first kappa shape index (κ1) is 18.1. The molecule has 128 valence electrons. The number of carbonyl (C=O) groups is 1. The van der Waals surface area contributed by atoms with E-state index in [0.717, 1.165) is 28.8 Å². The predicted octanol–water partition coefficient (Wildman–Crippen LogP) is 3.86. The largest absolute Gasteiger partial charge is 0.341 e. The van der Waals surface area contributed by atoms with Crippen molar-refractivity contribution in [3.8, 4) is 0 Å². The van der Waals surface area contributed by atoms with Crippen LogP contribution in [0.2, 0.25) is 0 Å². The molecule has 0 aromatic heterocycles. The van der Waals surface area contributed by atoms with Gasteiger partial charge in [0.1, 0.15) is 0 Å². The molecule has 4 nitrogen and oxygen atoms in total. The number of hydrogen-bond donors (Lipinski definition) is 1. The lowest BCUT2D eigenvalue weighted by atomic mass is 10.0. The highest BCUT2D eigenvalue weighted by molar-refractivity contribution is 7.91. The van der Waals surface area contributed by atoms with Crippen molar-refractivity contribution >= 4 is 21.4 Å². The fourth-order valence-electron chi connectivity index (χ4n) is 2.46. The maximum Gasteiger partial charge on any atom is 0.341 e. The van der Waals surface area contributed by atoms with Gasteiger partial charge in [-0.05, 0) is 56.2 Å². The van der Waals surface area contributed by atoms with Crippen molar-refractivity contribution in [1.82, 2.24) is 0 Å². The van der Waals surface area contributed by atoms with Gasteiger partial charge in [0.2, 0.25) is 9.84 Å². The minimum absolute atomic E-state index is 0.183. The molecular weight excluding hydrogens is 336 g/mol. The Morgan fingerprint density at radius 2 is 1.50 bits per heavy atom. The normalized spacial score (nSPS) is 11.6. The molecule has 0 fully saturated rings. The summed E-state index contributed by atoms with van der Waals surface area (Å²) in [5, 5.41) is 2.77. The van der Waals surface area contributed by atoms with Gasteiger partial charge in [0, 0.05) is 11.3 Å². The van der Waals surface area contributed by atoms with E-state index in [1.165, 1.54) is 12.1 Å². The summed E-state index contributed by atoms with van der Waals surface area (Å²) in [7, 11) is -4.66. The molecule has 2 aromatic carbocycles. The molecule has 0 atom stereocenters. The van der Waals surface area contributed by atoms with E-state index in [0.29, 0.717) is 5.69 Å². The van der Waals surface area contributed by atoms with E-state index in [2.05, 4.69) is 5.32 Å². The fraction of sp³-hybridized carbons (Fsp3) is 0.235. The molecule has 0 radical (unpaired) electrons. The summed E-state index contributed by atoms with van der Waals surface area (Å²) < 4.78 is 47.7. The van der Waals surface area contributed by atoms with Gasteiger partial charge >= 0.3 is 5.76 Å². The molecule has 1 N–H and O–H groups in total. The van der Waals surface area contributed by atoms with Crippen LogP contribution < -0.4 is 5.32 Å². The second kappa shape index (κ2) is 6.68. The first-order chi connectivity index (χ1) is 11.1. The minimum atomic E-state index is -4.66. The van der Waals surface area contributed by atoms with Gasteiger partial charge in [-0.3, -0.25) is 4.79 Å². The van der Waals surface area contributed by atoms with Crippen molar-refractivity contribution in [1.29, 1.82) is 0 Å². The standard InChI is InChI=1S/C17H17F2NO3S/c1-10-8-11(2)15(12(3)9-10)20-16(21)13-4-6-14(7-5-13)24(22,23)17(18)19/h4-9,17H,1-3H3,(H,20,21). The maximum atomic E-state index is 12.5. The third kappa shape index (κ3) is 3.62. The molecular formula is C17H17F2NO3S.